The highest BCUT2D eigenvalue weighted by Crippen LogP contribution is 2.23. The molecule has 3 aromatic carbocycles. The number of hydrogen-bond donors (Lipinski definition) is 1. The van der Waals surface area contributed by atoms with Crippen LogP contribution in [0, 0.1) is 22.7 Å². The molecule has 0 fully saturated rings. The van der Waals surface area contributed by atoms with Crippen molar-refractivity contribution in [1.29, 1.82) is 10.5 Å². The first-order valence-electron chi connectivity index (χ1n) is 8.44. The van der Waals surface area contributed by atoms with Gasteiger partial charge in [0.05, 0.1) is 11.6 Å². The van der Waals surface area contributed by atoms with Gasteiger partial charge in [-0.3, -0.25) is 4.79 Å². The van der Waals surface area contributed by atoms with Crippen LogP contribution in [0.3, 0.4) is 0 Å². The number of nitrogens with zero attached hydrogens (tertiary/aromatic N) is 2. The van der Waals surface area contributed by atoms with E-state index in [2.05, 4.69) is 5.32 Å². The summed E-state index contributed by atoms with van der Waals surface area (Å²) in [5, 5.41) is 20.8. The topological polar surface area (TPSA) is 85.9 Å². The van der Waals surface area contributed by atoms with E-state index in [4.69, 9.17) is 10.00 Å². The van der Waals surface area contributed by atoms with Crippen molar-refractivity contribution in [2.24, 2.45) is 0 Å². The Hall–Kier alpha value is -4.35. The number of hydrogen-bond acceptors (Lipinski definition) is 4. The monoisotopic (exact) mass is 365 g/mol. The van der Waals surface area contributed by atoms with Crippen molar-refractivity contribution in [2.45, 2.75) is 0 Å². The first-order valence-corrected chi connectivity index (χ1v) is 8.44. The SMILES string of the molecule is N#C/C(=C\c1ccc(C#N)cc1)C(=O)Nc1ccc(Oc2ccccc2)cc1. The number of para-hydroxylation sites is 1. The average molecular weight is 365 g/mol. The summed E-state index contributed by atoms with van der Waals surface area (Å²) in [5.74, 6) is 0.845. The van der Waals surface area contributed by atoms with Crippen LogP contribution in [0.5, 0.6) is 11.5 Å². The molecule has 0 saturated heterocycles. The molecule has 134 valence electrons. The molecule has 3 aromatic rings. The van der Waals surface area contributed by atoms with Crippen LogP contribution in [-0.4, -0.2) is 5.91 Å². The fraction of sp³-hybridized carbons (Fsp3) is 0. The zero-order chi connectivity index (χ0) is 19.8. The van der Waals surface area contributed by atoms with Crippen LogP contribution in [0.4, 0.5) is 5.69 Å². The second-order valence-corrected chi connectivity index (χ2v) is 5.80. The quantitative estimate of drug-likeness (QED) is 0.515. The number of carbonyl (C=O) groups excluding carboxylic acids is 1. The zero-order valence-electron chi connectivity index (χ0n) is 14.8. The Labute approximate surface area is 162 Å². The van der Waals surface area contributed by atoms with E-state index >= 15 is 0 Å². The van der Waals surface area contributed by atoms with Crippen LogP contribution in [0.25, 0.3) is 6.08 Å². The largest absolute Gasteiger partial charge is 0.457 e. The normalized spacial score (nSPS) is 10.4. The summed E-state index contributed by atoms with van der Waals surface area (Å²) in [7, 11) is 0. The second kappa shape index (κ2) is 8.84. The summed E-state index contributed by atoms with van der Waals surface area (Å²) in [6.07, 6.45) is 1.48. The molecular formula is C23H15N3O2. The number of nitriles is 2. The fourth-order valence-electron chi connectivity index (χ4n) is 2.40. The highest BCUT2D eigenvalue weighted by molar-refractivity contribution is 6.09. The molecule has 0 radical (unpaired) electrons. The van der Waals surface area contributed by atoms with Crippen LogP contribution in [-0.2, 0) is 4.79 Å². The molecule has 0 spiro atoms. The van der Waals surface area contributed by atoms with Crippen LogP contribution in [0.15, 0.2) is 84.4 Å². The van der Waals surface area contributed by atoms with Crippen molar-refractivity contribution in [3.63, 3.8) is 0 Å². The average Bonchev–Trinajstić information content (AvgIpc) is 2.74. The Kier molecular flexibility index (Phi) is 5.82. The molecule has 0 aliphatic carbocycles. The van der Waals surface area contributed by atoms with E-state index in [9.17, 15) is 10.1 Å². The maximum Gasteiger partial charge on any atom is 0.266 e. The Bertz CT molecular complexity index is 1070. The smallest absolute Gasteiger partial charge is 0.266 e. The van der Waals surface area contributed by atoms with Gasteiger partial charge in [-0.25, -0.2) is 0 Å². The molecule has 0 aromatic heterocycles. The van der Waals surface area contributed by atoms with E-state index in [-0.39, 0.29) is 5.57 Å². The Morgan fingerprint density at radius 2 is 1.50 bits per heavy atom. The lowest BCUT2D eigenvalue weighted by Gasteiger charge is -2.08. The molecule has 1 amide bonds. The molecule has 0 saturated carbocycles. The summed E-state index contributed by atoms with van der Waals surface area (Å²) in [6.45, 7) is 0. The number of carbonyl (C=O) groups is 1. The standard InChI is InChI=1S/C23H15N3O2/c24-15-18-8-6-17(7-9-18)14-19(16-25)23(27)26-20-10-12-22(13-11-20)28-21-4-2-1-3-5-21/h1-14H,(H,26,27)/b19-14+. The summed E-state index contributed by atoms with van der Waals surface area (Å²) in [5.41, 5.74) is 1.69. The molecule has 0 heterocycles. The van der Waals surface area contributed by atoms with Gasteiger partial charge in [-0.05, 0) is 60.2 Å². The van der Waals surface area contributed by atoms with Crippen LogP contribution in [0.2, 0.25) is 0 Å². The molecule has 0 aliphatic rings. The summed E-state index contributed by atoms with van der Waals surface area (Å²) in [4.78, 5) is 12.4. The number of amides is 1. The van der Waals surface area contributed by atoms with Gasteiger partial charge < -0.3 is 10.1 Å². The number of anilines is 1. The van der Waals surface area contributed by atoms with Crippen molar-refractivity contribution in [3.8, 4) is 23.6 Å². The van der Waals surface area contributed by atoms with Crippen molar-refractivity contribution < 1.29 is 9.53 Å². The highest BCUT2D eigenvalue weighted by atomic mass is 16.5. The molecule has 0 aliphatic heterocycles. The number of rotatable bonds is 5. The van der Waals surface area contributed by atoms with Crippen molar-refractivity contribution in [2.75, 3.05) is 5.32 Å². The minimum atomic E-state index is -0.511. The Balaban J connectivity index is 1.67. The minimum Gasteiger partial charge on any atom is -0.457 e. The molecule has 5 heteroatoms. The van der Waals surface area contributed by atoms with Gasteiger partial charge in [0.25, 0.3) is 5.91 Å². The van der Waals surface area contributed by atoms with Gasteiger partial charge >= 0.3 is 0 Å². The van der Waals surface area contributed by atoms with Gasteiger partial charge in [0.15, 0.2) is 0 Å². The predicted octanol–water partition coefficient (Wildman–Crippen LogP) is 4.90. The van der Waals surface area contributed by atoms with Crippen LogP contribution < -0.4 is 10.1 Å². The van der Waals surface area contributed by atoms with Gasteiger partial charge in [-0.1, -0.05) is 30.3 Å². The van der Waals surface area contributed by atoms with E-state index in [0.29, 0.717) is 22.6 Å². The lowest BCUT2D eigenvalue weighted by atomic mass is 10.1. The zero-order valence-corrected chi connectivity index (χ0v) is 14.8. The van der Waals surface area contributed by atoms with Crippen LogP contribution in [0.1, 0.15) is 11.1 Å². The van der Waals surface area contributed by atoms with Gasteiger partial charge in [-0.2, -0.15) is 10.5 Å². The lowest BCUT2D eigenvalue weighted by Crippen LogP contribution is -2.13. The number of nitrogens with one attached hydrogen (secondary N) is 1. The van der Waals surface area contributed by atoms with Gasteiger partial charge in [-0.15, -0.1) is 0 Å². The third kappa shape index (κ3) is 4.85. The number of benzene rings is 3. The summed E-state index contributed by atoms with van der Waals surface area (Å²) in [6, 6.07) is 26.8. The summed E-state index contributed by atoms with van der Waals surface area (Å²) >= 11 is 0. The molecule has 5 nitrogen and oxygen atoms in total. The van der Waals surface area contributed by atoms with E-state index in [0.717, 1.165) is 5.75 Å². The van der Waals surface area contributed by atoms with E-state index in [1.807, 2.05) is 42.5 Å². The van der Waals surface area contributed by atoms with Gasteiger partial charge in [0.2, 0.25) is 0 Å². The number of ether oxygens (including phenoxy) is 1. The maximum absolute atomic E-state index is 12.4. The maximum atomic E-state index is 12.4. The van der Waals surface area contributed by atoms with Gasteiger partial charge in [0, 0.05) is 5.69 Å². The van der Waals surface area contributed by atoms with Crippen molar-refractivity contribution >= 4 is 17.7 Å². The highest BCUT2D eigenvalue weighted by Gasteiger charge is 2.10. The molecular weight excluding hydrogens is 350 g/mol. The van der Waals surface area contributed by atoms with E-state index in [1.165, 1.54) is 6.08 Å². The Morgan fingerprint density at radius 3 is 2.11 bits per heavy atom. The molecule has 3 rings (SSSR count). The molecule has 1 N–H and O–H groups in total. The third-order valence-corrected chi connectivity index (χ3v) is 3.81. The minimum absolute atomic E-state index is 0.0330. The predicted molar refractivity (Wildman–Crippen MR) is 106 cm³/mol. The van der Waals surface area contributed by atoms with Crippen LogP contribution >= 0.6 is 0 Å². The van der Waals surface area contributed by atoms with E-state index < -0.39 is 5.91 Å². The molecule has 28 heavy (non-hydrogen) atoms. The first-order chi connectivity index (χ1) is 13.7. The van der Waals surface area contributed by atoms with Gasteiger partial charge in [0.1, 0.15) is 23.1 Å². The second-order valence-electron chi connectivity index (χ2n) is 5.80. The van der Waals surface area contributed by atoms with Crippen molar-refractivity contribution in [1.82, 2.24) is 0 Å². The molecule has 0 atom stereocenters. The fourth-order valence-corrected chi connectivity index (χ4v) is 2.40. The molecule has 0 unspecified atom stereocenters. The summed E-state index contributed by atoms with van der Waals surface area (Å²) < 4.78 is 5.71. The van der Waals surface area contributed by atoms with Crippen molar-refractivity contribution in [3.05, 3.63) is 95.6 Å². The van der Waals surface area contributed by atoms with E-state index in [1.54, 1.807) is 48.5 Å². The Morgan fingerprint density at radius 1 is 0.857 bits per heavy atom. The molecule has 0 bridgehead atoms. The lowest BCUT2D eigenvalue weighted by molar-refractivity contribution is -0.112. The first kappa shape index (κ1) is 18.4. The third-order valence-electron chi connectivity index (χ3n) is 3.81.